The Balaban J connectivity index is 2.39. The summed E-state index contributed by atoms with van der Waals surface area (Å²) in [5.74, 6) is -0.0147. The van der Waals surface area contributed by atoms with Gasteiger partial charge in [0.2, 0.25) is 0 Å². The summed E-state index contributed by atoms with van der Waals surface area (Å²) in [7, 11) is 0. The fourth-order valence-electron chi connectivity index (χ4n) is 1.77. The number of carbonyl (C=O) groups is 1. The second-order valence-electron chi connectivity index (χ2n) is 3.88. The number of anilines is 1. The summed E-state index contributed by atoms with van der Waals surface area (Å²) in [5, 5.41) is 0. The second-order valence-corrected chi connectivity index (χ2v) is 5.98. The Bertz CT molecular complexity index is 589. The van der Waals surface area contributed by atoms with Crippen molar-refractivity contribution < 1.29 is 4.79 Å². The van der Waals surface area contributed by atoms with Gasteiger partial charge in [-0.2, -0.15) is 0 Å². The predicted molar refractivity (Wildman–Crippen MR) is 88.4 cm³/mol. The molecule has 1 heterocycles. The highest BCUT2D eigenvalue weighted by molar-refractivity contribution is 14.1. The average molecular weight is 431 g/mol. The normalized spacial score (nSPS) is 10.3. The van der Waals surface area contributed by atoms with Gasteiger partial charge in [-0.3, -0.25) is 9.78 Å². The van der Waals surface area contributed by atoms with Crippen LogP contribution in [0.4, 0.5) is 5.69 Å². The van der Waals surface area contributed by atoms with Crippen LogP contribution in [0.2, 0.25) is 0 Å². The van der Waals surface area contributed by atoms with Crippen molar-refractivity contribution in [2.24, 2.45) is 0 Å². The lowest BCUT2D eigenvalue weighted by atomic mass is 10.2. The number of aromatic nitrogens is 1. The Morgan fingerprint density at radius 1 is 1.32 bits per heavy atom. The molecule has 2 rings (SSSR count). The lowest BCUT2D eigenvalue weighted by Gasteiger charge is -2.21. The van der Waals surface area contributed by atoms with E-state index in [0.29, 0.717) is 12.1 Å². The minimum Gasteiger partial charge on any atom is -0.309 e. The van der Waals surface area contributed by atoms with Crippen LogP contribution in [0.15, 0.2) is 47.2 Å². The molecule has 0 spiro atoms. The molecule has 0 saturated carbocycles. The van der Waals surface area contributed by atoms with Gasteiger partial charge in [-0.1, -0.05) is 0 Å². The summed E-state index contributed by atoms with van der Waals surface area (Å²) in [4.78, 5) is 18.3. The zero-order valence-corrected chi connectivity index (χ0v) is 14.1. The van der Waals surface area contributed by atoms with Crippen LogP contribution in [-0.2, 0) is 0 Å². The lowest BCUT2D eigenvalue weighted by molar-refractivity contribution is 0.0987. The molecule has 0 fully saturated rings. The first-order valence-corrected chi connectivity index (χ1v) is 7.67. The highest BCUT2D eigenvalue weighted by Gasteiger charge is 2.18. The number of pyridine rings is 1. The summed E-state index contributed by atoms with van der Waals surface area (Å²) < 4.78 is 1.85. The van der Waals surface area contributed by atoms with E-state index in [0.717, 1.165) is 13.7 Å². The third kappa shape index (κ3) is 3.33. The third-order valence-corrected chi connectivity index (χ3v) is 4.06. The van der Waals surface area contributed by atoms with Crippen molar-refractivity contribution in [1.29, 1.82) is 0 Å². The lowest BCUT2D eigenvalue weighted by Crippen LogP contribution is -2.30. The zero-order chi connectivity index (χ0) is 13.8. The number of carbonyl (C=O) groups excluding carboxylic acids is 1. The molecule has 98 valence electrons. The van der Waals surface area contributed by atoms with Gasteiger partial charge in [0.1, 0.15) is 0 Å². The van der Waals surface area contributed by atoms with Gasteiger partial charge in [-0.15, -0.1) is 0 Å². The topological polar surface area (TPSA) is 33.2 Å². The molecular weight excluding hydrogens is 419 g/mol. The first-order valence-electron chi connectivity index (χ1n) is 5.80. The monoisotopic (exact) mass is 430 g/mol. The second kappa shape index (κ2) is 6.47. The minimum atomic E-state index is -0.0147. The van der Waals surface area contributed by atoms with Gasteiger partial charge in [0.25, 0.3) is 5.91 Å². The smallest absolute Gasteiger partial charge is 0.259 e. The first-order chi connectivity index (χ1) is 9.13. The Labute approximate surface area is 134 Å². The molecule has 0 bridgehead atoms. The fraction of sp³-hybridized carbons (Fsp3) is 0.143. The molecule has 0 aliphatic carbocycles. The first kappa shape index (κ1) is 14.5. The Morgan fingerprint density at radius 2 is 2.00 bits per heavy atom. The maximum absolute atomic E-state index is 12.6. The average Bonchev–Trinajstić information content (AvgIpc) is 2.43. The van der Waals surface area contributed by atoms with E-state index in [1.54, 1.807) is 17.3 Å². The molecule has 1 aromatic carbocycles. The van der Waals surface area contributed by atoms with Crippen LogP contribution in [0, 0.1) is 3.57 Å². The van der Waals surface area contributed by atoms with Gasteiger partial charge in [0.15, 0.2) is 0 Å². The number of amides is 1. The van der Waals surface area contributed by atoms with Crippen molar-refractivity contribution in [2.45, 2.75) is 6.92 Å². The molecule has 0 saturated heterocycles. The van der Waals surface area contributed by atoms with Crippen LogP contribution < -0.4 is 4.90 Å². The molecule has 3 nitrogen and oxygen atoms in total. The molecule has 2 aromatic rings. The van der Waals surface area contributed by atoms with Gasteiger partial charge < -0.3 is 4.90 Å². The van der Waals surface area contributed by atoms with Gasteiger partial charge in [-0.05, 0) is 75.8 Å². The van der Waals surface area contributed by atoms with Gasteiger partial charge >= 0.3 is 0 Å². The fourth-order valence-corrected chi connectivity index (χ4v) is 2.68. The molecule has 0 atom stereocenters. The minimum absolute atomic E-state index is 0.0147. The summed E-state index contributed by atoms with van der Waals surface area (Å²) in [6, 6.07) is 9.42. The van der Waals surface area contributed by atoms with Crippen LogP contribution >= 0.6 is 38.5 Å². The summed E-state index contributed by atoms with van der Waals surface area (Å²) >= 11 is 5.64. The quantitative estimate of drug-likeness (QED) is 0.686. The van der Waals surface area contributed by atoms with Crippen LogP contribution in [-0.4, -0.2) is 17.4 Å². The highest BCUT2D eigenvalue weighted by atomic mass is 127. The van der Waals surface area contributed by atoms with Crippen LogP contribution in [0.25, 0.3) is 0 Å². The summed E-state index contributed by atoms with van der Waals surface area (Å²) in [6.45, 7) is 2.57. The number of benzene rings is 1. The van der Waals surface area contributed by atoms with E-state index in [9.17, 15) is 4.79 Å². The SMILES string of the molecule is CCN(C(=O)c1cc(I)ccc1Br)c1ccncc1. The molecule has 0 radical (unpaired) electrons. The molecule has 5 heteroatoms. The number of hydrogen-bond donors (Lipinski definition) is 0. The van der Waals surface area contributed by atoms with Crippen molar-refractivity contribution in [3.05, 3.63) is 56.3 Å². The Hall–Kier alpha value is -0.950. The van der Waals surface area contributed by atoms with E-state index >= 15 is 0 Å². The maximum Gasteiger partial charge on any atom is 0.259 e. The van der Waals surface area contributed by atoms with Crippen molar-refractivity contribution >= 4 is 50.1 Å². The van der Waals surface area contributed by atoms with Crippen molar-refractivity contribution in [3.8, 4) is 0 Å². The predicted octanol–water partition coefficient (Wildman–Crippen LogP) is 4.12. The summed E-state index contributed by atoms with van der Waals surface area (Å²) in [5.41, 5.74) is 1.53. The Kier molecular flexibility index (Phi) is 4.93. The Morgan fingerprint density at radius 3 is 2.63 bits per heavy atom. The van der Waals surface area contributed by atoms with Gasteiger partial charge in [0.05, 0.1) is 5.56 Å². The number of hydrogen-bond acceptors (Lipinski definition) is 2. The van der Waals surface area contributed by atoms with Crippen LogP contribution in [0.1, 0.15) is 17.3 Å². The van der Waals surface area contributed by atoms with Crippen LogP contribution in [0.5, 0.6) is 0 Å². The number of rotatable bonds is 3. The summed E-state index contributed by atoms with van der Waals surface area (Å²) in [6.07, 6.45) is 3.38. The molecular formula is C14H12BrIN2O. The van der Waals surface area contributed by atoms with Gasteiger partial charge in [-0.25, -0.2) is 0 Å². The highest BCUT2D eigenvalue weighted by Crippen LogP contribution is 2.23. The van der Waals surface area contributed by atoms with E-state index < -0.39 is 0 Å². The number of halogens is 2. The molecule has 0 unspecified atom stereocenters. The van der Waals surface area contributed by atoms with Crippen molar-refractivity contribution in [3.63, 3.8) is 0 Å². The van der Waals surface area contributed by atoms with E-state index in [-0.39, 0.29) is 5.91 Å². The molecule has 1 aromatic heterocycles. The van der Waals surface area contributed by atoms with Crippen molar-refractivity contribution in [2.75, 3.05) is 11.4 Å². The molecule has 0 aliphatic heterocycles. The molecule has 0 aliphatic rings. The number of nitrogens with zero attached hydrogens (tertiary/aromatic N) is 2. The standard InChI is InChI=1S/C14H12BrIN2O/c1-2-18(11-5-7-17-8-6-11)14(19)12-9-10(16)3-4-13(12)15/h3-9H,2H2,1H3. The van der Waals surface area contributed by atoms with E-state index in [1.165, 1.54) is 0 Å². The van der Waals surface area contributed by atoms with E-state index in [4.69, 9.17) is 0 Å². The van der Waals surface area contributed by atoms with E-state index in [1.807, 2.05) is 37.3 Å². The zero-order valence-electron chi connectivity index (χ0n) is 10.3. The van der Waals surface area contributed by atoms with Gasteiger partial charge in [0, 0.05) is 32.7 Å². The maximum atomic E-state index is 12.6. The van der Waals surface area contributed by atoms with E-state index in [2.05, 4.69) is 43.5 Å². The third-order valence-electron chi connectivity index (χ3n) is 2.69. The molecule has 19 heavy (non-hydrogen) atoms. The largest absolute Gasteiger partial charge is 0.309 e. The van der Waals surface area contributed by atoms with Crippen LogP contribution in [0.3, 0.4) is 0 Å². The van der Waals surface area contributed by atoms with Crippen molar-refractivity contribution in [1.82, 2.24) is 4.98 Å². The molecule has 1 amide bonds. The molecule has 0 N–H and O–H groups in total.